The van der Waals surface area contributed by atoms with Crippen molar-refractivity contribution in [2.45, 2.75) is 64.5 Å². The predicted molar refractivity (Wildman–Crippen MR) is 227 cm³/mol. The predicted octanol–water partition coefficient (Wildman–Crippen LogP) is 4.00. The van der Waals surface area contributed by atoms with Crippen molar-refractivity contribution in [1.29, 1.82) is 0 Å². The van der Waals surface area contributed by atoms with Crippen LogP contribution in [-0.4, -0.2) is 78.2 Å². The number of aromatic nitrogens is 8. The largest absolute Gasteiger partial charge is 0.454 e. The van der Waals surface area contributed by atoms with Gasteiger partial charge in [-0.25, -0.2) is 9.97 Å². The fourth-order valence-corrected chi connectivity index (χ4v) is 7.62. The van der Waals surface area contributed by atoms with Gasteiger partial charge in [0.15, 0.2) is 57.0 Å². The van der Waals surface area contributed by atoms with Crippen molar-refractivity contribution in [1.82, 2.24) is 49.7 Å². The molecule has 6 aromatic rings. The summed E-state index contributed by atoms with van der Waals surface area (Å²) in [6, 6.07) is 7.24. The molecule has 10 rings (SSSR count). The van der Waals surface area contributed by atoms with Crippen molar-refractivity contribution >= 4 is 39.9 Å². The van der Waals surface area contributed by atoms with Gasteiger partial charge in [-0.15, -0.1) is 12.8 Å². The van der Waals surface area contributed by atoms with Gasteiger partial charge in [-0.1, -0.05) is 11.8 Å². The maximum Gasteiger partial charge on any atom is 0.312 e. The molecule has 1 amide bonds. The lowest BCUT2D eigenvalue weighted by Crippen LogP contribution is -2.26. The number of fused-ring (bicyclic) bond motifs is 4. The molecule has 17 nitrogen and oxygen atoms in total. The number of halogens is 2. The van der Waals surface area contributed by atoms with Crippen molar-refractivity contribution in [3.8, 4) is 47.7 Å². The van der Waals surface area contributed by atoms with Gasteiger partial charge in [0.25, 0.3) is 0 Å². The van der Waals surface area contributed by atoms with Crippen LogP contribution in [-0.2, 0) is 30.7 Å². The summed E-state index contributed by atoms with van der Waals surface area (Å²) in [4.78, 5) is 36.2. The van der Waals surface area contributed by atoms with E-state index in [2.05, 4.69) is 52.4 Å². The van der Waals surface area contributed by atoms with E-state index in [0.29, 0.717) is 107 Å². The smallest absolute Gasteiger partial charge is 0.312 e. The van der Waals surface area contributed by atoms with Crippen molar-refractivity contribution in [2.75, 3.05) is 44.7 Å². The SMILES string of the molecule is C#Cc1cc2c(cc1Cc1nc3c(N)nc(F)nc3n1CCCNC(=O)C1CC1)OCO2.C#Cc1cc2c(cc1Cc1nc3c(N)nc(F)nc3n1CCCNCC1CC1)OCO2. The average molecular weight is 859 g/mol. The van der Waals surface area contributed by atoms with Crippen molar-refractivity contribution in [3.63, 3.8) is 0 Å². The third kappa shape index (κ3) is 9.05. The lowest BCUT2D eigenvalue weighted by Gasteiger charge is -2.11. The summed E-state index contributed by atoms with van der Waals surface area (Å²) in [5.74, 6) is 10.2. The summed E-state index contributed by atoms with van der Waals surface area (Å²) in [5, 5.41) is 6.41. The lowest BCUT2D eigenvalue weighted by molar-refractivity contribution is -0.122. The minimum atomic E-state index is -0.919. The molecular weight excluding hydrogens is 815 g/mol. The molecule has 6 N–H and O–H groups in total. The number of ether oxygens (including phenoxy) is 4. The molecule has 0 unspecified atom stereocenters. The number of aryl methyl sites for hydroxylation is 2. The molecule has 4 aliphatic rings. The molecule has 0 bridgehead atoms. The third-order valence-electron chi connectivity index (χ3n) is 11.2. The van der Waals surface area contributed by atoms with Crippen LogP contribution in [0.4, 0.5) is 20.4 Å². The van der Waals surface area contributed by atoms with E-state index in [-0.39, 0.29) is 37.0 Å². The molecule has 19 heteroatoms. The van der Waals surface area contributed by atoms with E-state index in [9.17, 15) is 13.6 Å². The highest BCUT2D eigenvalue weighted by molar-refractivity contribution is 5.83. The standard InChI is InChI=1S/C22H21FN6O3.C22H23FN6O2/c1-2-12-8-15-16(32-11-31-15)9-14(12)10-17-26-18-19(24)27-22(23)28-20(18)29(17)7-3-6-25-21(30)13-4-5-13;1-2-14-8-16-17(31-12-30-16)9-15(14)10-18-26-19-20(24)27-22(23)28-21(19)29(18)7-3-6-25-11-13-4-5-13/h1,8-9,13H,3-7,10-11H2,(H,25,30)(H2,24,27,28);1,8-9,13,25H,3-7,10-12H2,(H2,24,27,28). The van der Waals surface area contributed by atoms with Gasteiger partial charge in [0.2, 0.25) is 19.5 Å². The first-order chi connectivity index (χ1) is 30.6. The number of nitrogens with zero attached hydrogens (tertiary/aromatic N) is 8. The van der Waals surface area contributed by atoms with Crippen LogP contribution in [0.2, 0.25) is 0 Å². The number of nitrogen functional groups attached to an aromatic ring is 2. The molecule has 2 aliphatic carbocycles. The fourth-order valence-electron chi connectivity index (χ4n) is 7.62. The number of rotatable bonds is 15. The topological polar surface area (TPSA) is 217 Å². The molecule has 0 spiro atoms. The molecule has 4 aromatic heterocycles. The highest BCUT2D eigenvalue weighted by Crippen LogP contribution is 2.37. The van der Waals surface area contributed by atoms with E-state index in [4.69, 9.17) is 43.3 Å². The van der Waals surface area contributed by atoms with Gasteiger partial charge in [0, 0.05) is 61.7 Å². The molecule has 0 radical (unpaired) electrons. The van der Waals surface area contributed by atoms with Crippen molar-refractivity contribution < 1.29 is 32.5 Å². The number of amides is 1. The van der Waals surface area contributed by atoms with E-state index in [0.717, 1.165) is 49.4 Å². The number of carbonyl (C=O) groups is 1. The Morgan fingerprint density at radius 1 is 0.698 bits per heavy atom. The third-order valence-corrected chi connectivity index (χ3v) is 11.2. The first-order valence-corrected chi connectivity index (χ1v) is 20.8. The fraction of sp³-hybridized carbons (Fsp3) is 0.386. The van der Waals surface area contributed by atoms with Crippen LogP contribution < -0.4 is 41.0 Å². The Bertz CT molecular complexity index is 2820. The number of hydrogen-bond acceptors (Lipinski definition) is 14. The van der Waals surface area contributed by atoms with Gasteiger partial charge in [0.1, 0.15) is 11.6 Å². The van der Waals surface area contributed by atoms with Gasteiger partial charge in [-0.3, -0.25) is 4.79 Å². The van der Waals surface area contributed by atoms with Gasteiger partial charge in [-0.2, -0.15) is 28.7 Å². The molecule has 6 heterocycles. The number of anilines is 2. The number of nitrogens with two attached hydrogens (primary N) is 2. The van der Waals surface area contributed by atoms with Crippen molar-refractivity contribution in [3.05, 3.63) is 70.3 Å². The highest BCUT2D eigenvalue weighted by atomic mass is 19.1. The Hall–Kier alpha value is -7.25. The van der Waals surface area contributed by atoms with Gasteiger partial charge < -0.3 is 50.2 Å². The number of carbonyl (C=O) groups excluding carboxylic acids is 1. The van der Waals surface area contributed by atoms with Crippen LogP contribution in [0.5, 0.6) is 23.0 Å². The zero-order valence-electron chi connectivity index (χ0n) is 34.3. The van der Waals surface area contributed by atoms with E-state index in [1.807, 2.05) is 16.7 Å². The Morgan fingerprint density at radius 2 is 1.17 bits per heavy atom. The zero-order chi connectivity index (χ0) is 43.6. The molecule has 63 heavy (non-hydrogen) atoms. The highest BCUT2D eigenvalue weighted by Gasteiger charge is 2.29. The first-order valence-electron chi connectivity index (χ1n) is 20.8. The molecule has 2 saturated carbocycles. The number of benzene rings is 2. The lowest BCUT2D eigenvalue weighted by atomic mass is 10.0. The summed E-state index contributed by atoms with van der Waals surface area (Å²) in [7, 11) is 0. The second-order valence-electron chi connectivity index (χ2n) is 15.7. The van der Waals surface area contributed by atoms with Crippen LogP contribution in [0.1, 0.15) is 72.4 Å². The number of nitrogens with one attached hydrogen (secondary N) is 2. The number of hydrogen-bond donors (Lipinski definition) is 4. The first kappa shape index (κ1) is 41.1. The number of imidazole rings is 2. The molecule has 2 fully saturated rings. The minimum Gasteiger partial charge on any atom is -0.454 e. The van der Waals surface area contributed by atoms with Gasteiger partial charge in [-0.05, 0) is 80.8 Å². The van der Waals surface area contributed by atoms with Crippen LogP contribution in [0.25, 0.3) is 22.3 Å². The van der Waals surface area contributed by atoms with E-state index >= 15 is 0 Å². The molecule has 324 valence electrons. The van der Waals surface area contributed by atoms with Gasteiger partial charge >= 0.3 is 12.2 Å². The van der Waals surface area contributed by atoms with Gasteiger partial charge in [0.05, 0.1) is 0 Å². The number of terminal acetylenes is 2. The minimum absolute atomic E-state index is 0.0252. The van der Waals surface area contributed by atoms with E-state index < -0.39 is 12.2 Å². The van der Waals surface area contributed by atoms with Crippen LogP contribution in [0.15, 0.2) is 24.3 Å². The monoisotopic (exact) mass is 858 g/mol. The quantitative estimate of drug-likeness (QED) is 0.0653. The maximum atomic E-state index is 13.9. The molecule has 0 atom stereocenters. The zero-order valence-corrected chi connectivity index (χ0v) is 34.3. The second-order valence-corrected chi connectivity index (χ2v) is 15.7. The van der Waals surface area contributed by atoms with E-state index in [1.54, 1.807) is 16.7 Å². The van der Waals surface area contributed by atoms with E-state index in [1.165, 1.54) is 12.8 Å². The van der Waals surface area contributed by atoms with Crippen LogP contribution >= 0.6 is 0 Å². The molecule has 2 aromatic carbocycles. The van der Waals surface area contributed by atoms with Crippen LogP contribution in [0.3, 0.4) is 0 Å². The van der Waals surface area contributed by atoms with Crippen LogP contribution in [0, 0.1) is 48.7 Å². The molecular formula is C44H44F2N12O5. The maximum absolute atomic E-state index is 13.9. The summed E-state index contributed by atoms with van der Waals surface area (Å²) in [6.45, 7) is 3.79. The Balaban J connectivity index is 0.000000160. The summed E-state index contributed by atoms with van der Waals surface area (Å²) in [6.07, 6.45) is 16.4. The molecule has 2 aliphatic heterocycles. The summed E-state index contributed by atoms with van der Waals surface area (Å²) >= 11 is 0. The average Bonchev–Trinajstić information content (AvgIpc) is 4.12. The Kier molecular flexibility index (Phi) is 11.5. The Labute approximate surface area is 360 Å². The Morgan fingerprint density at radius 3 is 1.63 bits per heavy atom. The summed E-state index contributed by atoms with van der Waals surface area (Å²) in [5.41, 5.74) is 16.3. The van der Waals surface area contributed by atoms with Crippen molar-refractivity contribution in [2.24, 2.45) is 11.8 Å². The summed E-state index contributed by atoms with van der Waals surface area (Å²) < 4.78 is 53.3. The second kappa shape index (κ2) is 17.6. The normalized spacial score (nSPS) is 14.7. The molecule has 0 saturated heterocycles.